The molecule has 1 rings (SSSR count). The minimum absolute atomic E-state index is 0.163. The fourth-order valence-corrected chi connectivity index (χ4v) is 3.19. The minimum atomic E-state index is -0.580. The van der Waals surface area contributed by atoms with Crippen molar-refractivity contribution < 1.29 is 9.53 Å². The maximum atomic E-state index is 12.0. The molecule has 0 bridgehead atoms. The number of likely N-dealkylation sites (tertiary alicyclic amines) is 1. The van der Waals surface area contributed by atoms with Crippen LogP contribution < -0.4 is 5.32 Å². The third kappa shape index (κ3) is 5.57. The molecule has 0 aromatic heterocycles. The van der Waals surface area contributed by atoms with E-state index in [4.69, 9.17) is 4.74 Å². The molecule has 0 amide bonds. The minimum Gasteiger partial charge on any atom is -0.468 e. The van der Waals surface area contributed by atoms with Gasteiger partial charge in [0.25, 0.3) is 0 Å². The van der Waals surface area contributed by atoms with E-state index in [9.17, 15) is 4.79 Å². The Hall–Kier alpha value is -0.650. The zero-order chi connectivity index (χ0) is 16.0. The average Bonchev–Trinajstić information content (AvgIpc) is 2.85. The molecule has 2 unspecified atom stereocenters. The molecule has 2 atom stereocenters. The van der Waals surface area contributed by atoms with Crippen LogP contribution in [0.5, 0.6) is 0 Å². The molecule has 1 aliphatic rings. The monoisotopic (exact) mass is 299 g/mol. The predicted molar refractivity (Wildman–Crippen MR) is 86.5 cm³/mol. The number of ether oxygens (including phenoxy) is 1. The summed E-state index contributed by atoms with van der Waals surface area (Å²) in [6, 6.07) is 0.935. The number of nitrogens with zero attached hydrogens (tertiary/aromatic N) is 2. The third-order valence-electron chi connectivity index (χ3n) is 4.37. The van der Waals surface area contributed by atoms with E-state index in [0.717, 1.165) is 32.5 Å². The van der Waals surface area contributed by atoms with Crippen LogP contribution in [0.15, 0.2) is 0 Å². The average molecular weight is 299 g/mol. The highest BCUT2D eigenvalue weighted by molar-refractivity contribution is 5.80. The molecular weight excluding hydrogens is 266 g/mol. The van der Waals surface area contributed by atoms with Crippen molar-refractivity contribution in [2.75, 3.05) is 40.8 Å². The Morgan fingerprint density at radius 3 is 2.62 bits per heavy atom. The van der Waals surface area contributed by atoms with E-state index in [1.165, 1.54) is 13.5 Å². The first-order valence-corrected chi connectivity index (χ1v) is 8.03. The summed E-state index contributed by atoms with van der Waals surface area (Å²) in [7, 11) is 5.76. The van der Waals surface area contributed by atoms with E-state index in [2.05, 4.69) is 43.1 Å². The molecule has 0 aromatic rings. The van der Waals surface area contributed by atoms with Gasteiger partial charge in [0.05, 0.1) is 7.11 Å². The lowest BCUT2D eigenvalue weighted by Crippen LogP contribution is -2.53. The van der Waals surface area contributed by atoms with E-state index < -0.39 is 5.54 Å². The van der Waals surface area contributed by atoms with Gasteiger partial charge < -0.3 is 14.5 Å². The van der Waals surface area contributed by atoms with Crippen molar-refractivity contribution in [3.63, 3.8) is 0 Å². The Labute approximate surface area is 130 Å². The highest BCUT2D eigenvalue weighted by atomic mass is 16.5. The summed E-state index contributed by atoms with van der Waals surface area (Å²) < 4.78 is 4.97. The first kappa shape index (κ1) is 18.4. The van der Waals surface area contributed by atoms with Crippen LogP contribution in [-0.4, -0.2) is 74.2 Å². The normalized spacial score (nSPS) is 22.8. The Morgan fingerprint density at radius 2 is 2.14 bits per heavy atom. The molecule has 1 fully saturated rings. The molecule has 0 radical (unpaired) electrons. The number of hydrogen-bond acceptors (Lipinski definition) is 5. The van der Waals surface area contributed by atoms with Gasteiger partial charge in [-0.05, 0) is 67.2 Å². The maximum absolute atomic E-state index is 12.0. The van der Waals surface area contributed by atoms with Crippen LogP contribution in [0.1, 0.15) is 40.0 Å². The van der Waals surface area contributed by atoms with Gasteiger partial charge in [0, 0.05) is 18.6 Å². The lowest BCUT2D eigenvalue weighted by atomic mass is 9.94. The summed E-state index contributed by atoms with van der Waals surface area (Å²) in [4.78, 5) is 16.8. The number of hydrogen-bond donors (Lipinski definition) is 1. The van der Waals surface area contributed by atoms with E-state index in [-0.39, 0.29) is 12.0 Å². The summed E-state index contributed by atoms with van der Waals surface area (Å²) in [6.45, 7) is 9.42. The van der Waals surface area contributed by atoms with Crippen molar-refractivity contribution in [3.05, 3.63) is 0 Å². The number of likely N-dealkylation sites (N-methyl/N-ethyl adjacent to an activating group) is 1. The summed E-state index contributed by atoms with van der Waals surface area (Å²) in [5, 5.41) is 3.36. The zero-order valence-corrected chi connectivity index (χ0v) is 14.6. The van der Waals surface area contributed by atoms with Gasteiger partial charge in [-0.1, -0.05) is 0 Å². The maximum Gasteiger partial charge on any atom is 0.325 e. The number of esters is 1. The summed E-state index contributed by atoms with van der Waals surface area (Å²) in [6.07, 6.45) is 3.05. The molecule has 1 heterocycles. The van der Waals surface area contributed by atoms with Crippen LogP contribution in [-0.2, 0) is 9.53 Å². The topological polar surface area (TPSA) is 44.8 Å². The van der Waals surface area contributed by atoms with Crippen LogP contribution in [0.2, 0.25) is 0 Å². The molecule has 5 heteroatoms. The number of nitrogens with one attached hydrogen (secondary N) is 1. The van der Waals surface area contributed by atoms with E-state index in [1.54, 1.807) is 0 Å². The second-order valence-electron chi connectivity index (χ2n) is 6.93. The zero-order valence-electron chi connectivity index (χ0n) is 14.6. The highest BCUT2D eigenvalue weighted by Gasteiger charge is 2.34. The Balaban J connectivity index is 2.42. The van der Waals surface area contributed by atoms with Crippen LogP contribution in [0, 0.1) is 0 Å². The second-order valence-corrected chi connectivity index (χ2v) is 6.93. The fraction of sp³-hybridized carbons (Fsp3) is 0.938. The lowest BCUT2D eigenvalue weighted by molar-refractivity contribution is -0.148. The lowest BCUT2D eigenvalue weighted by Gasteiger charge is -2.31. The van der Waals surface area contributed by atoms with Crippen LogP contribution in [0.25, 0.3) is 0 Å². The molecule has 5 nitrogen and oxygen atoms in total. The Kier molecular flexibility index (Phi) is 7.10. The van der Waals surface area contributed by atoms with Gasteiger partial charge in [0.2, 0.25) is 0 Å². The largest absolute Gasteiger partial charge is 0.468 e. The van der Waals surface area contributed by atoms with Gasteiger partial charge in [-0.2, -0.15) is 0 Å². The summed E-state index contributed by atoms with van der Waals surface area (Å²) >= 11 is 0. The second kappa shape index (κ2) is 8.11. The molecule has 0 saturated carbocycles. The molecule has 0 aromatic carbocycles. The van der Waals surface area contributed by atoms with E-state index >= 15 is 0 Å². The number of carbonyl (C=O) groups is 1. The van der Waals surface area contributed by atoms with Gasteiger partial charge in [-0.15, -0.1) is 0 Å². The number of carbonyl (C=O) groups excluding carboxylic acids is 1. The third-order valence-corrected chi connectivity index (χ3v) is 4.37. The van der Waals surface area contributed by atoms with Crippen LogP contribution >= 0.6 is 0 Å². The molecule has 1 saturated heterocycles. The van der Waals surface area contributed by atoms with Gasteiger partial charge in [-0.25, -0.2) is 0 Å². The van der Waals surface area contributed by atoms with Crippen molar-refractivity contribution in [1.29, 1.82) is 0 Å². The molecular formula is C16H33N3O2. The Bertz CT molecular complexity index is 333. The van der Waals surface area contributed by atoms with Crippen molar-refractivity contribution in [2.45, 2.75) is 57.7 Å². The number of methoxy groups -OCH3 is 1. The first-order valence-electron chi connectivity index (χ1n) is 8.03. The molecule has 0 spiro atoms. The molecule has 1 aliphatic heterocycles. The molecule has 1 N–H and O–H groups in total. The fourth-order valence-electron chi connectivity index (χ4n) is 3.19. The molecule has 124 valence electrons. The molecule has 0 aliphatic carbocycles. The van der Waals surface area contributed by atoms with Crippen molar-refractivity contribution in [3.8, 4) is 0 Å². The van der Waals surface area contributed by atoms with Gasteiger partial charge in [0.1, 0.15) is 5.54 Å². The van der Waals surface area contributed by atoms with Crippen molar-refractivity contribution in [2.24, 2.45) is 0 Å². The van der Waals surface area contributed by atoms with Crippen LogP contribution in [0.4, 0.5) is 0 Å². The van der Waals surface area contributed by atoms with E-state index in [0.29, 0.717) is 6.04 Å². The standard InChI is InChI=1S/C16H33N3O2/c1-13(2)17-16(3,15(20)21-6)9-7-10-19-11-8-14(12-19)18(4)5/h13-14,17H,7-12H2,1-6H3. The molecule has 21 heavy (non-hydrogen) atoms. The summed E-state index contributed by atoms with van der Waals surface area (Å²) in [5.74, 6) is -0.163. The first-order chi connectivity index (χ1) is 9.78. The summed E-state index contributed by atoms with van der Waals surface area (Å²) in [5.41, 5.74) is -0.580. The SMILES string of the molecule is COC(=O)C(C)(CCCN1CCC(N(C)C)C1)NC(C)C. The van der Waals surface area contributed by atoms with Crippen LogP contribution in [0.3, 0.4) is 0 Å². The smallest absolute Gasteiger partial charge is 0.325 e. The Morgan fingerprint density at radius 1 is 1.48 bits per heavy atom. The van der Waals surface area contributed by atoms with Crippen molar-refractivity contribution >= 4 is 5.97 Å². The van der Waals surface area contributed by atoms with Gasteiger partial charge in [-0.3, -0.25) is 10.1 Å². The predicted octanol–water partition coefficient (Wildman–Crippen LogP) is 1.33. The van der Waals surface area contributed by atoms with E-state index in [1.807, 2.05) is 6.92 Å². The highest BCUT2D eigenvalue weighted by Crippen LogP contribution is 2.18. The van der Waals surface area contributed by atoms with Crippen molar-refractivity contribution in [1.82, 2.24) is 15.1 Å². The van der Waals surface area contributed by atoms with Gasteiger partial charge >= 0.3 is 5.97 Å². The quantitative estimate of drug-likeness (QED) is 0.685. The number of rotatable bonds is 8. The van der Waals surface area contributed by atoms with Gasteiger partial charge in [0.15, 0.2) is 0 Å².